The van der Waals surface area contributed by atoms with Crippen molar-refractivity contribution < 1.29 is 9.53 Å². The predicted octanol–water partition coefficient (Wildman–Crippen LogP) is 3.57. The Morgan fingerprint density at radius 1 is 0.963 bits per heavy atom. The third kappa shape index (κ3) is 3.88. The molecule has 0 saturated carbocycles. The summed E-state index contributed by atoms with van der Waals surface area (Å²) in [6.07, 6.45) is 1.38. The number of hydrogen-bond acceptors (Lipinski definition) is 3. The molecular formula is C22H23N3O2. The molecule has 2 aromatic heterocycles. The third-order valence-corrected chi connectivity index (χ3v) is 4.87. The van der Waals surface area contributed by atoms with Crippen molar-refractivity contribution in [1.82, 2.24) is 15.3 Å². The van der Waals surface area contributed by atoms with Gasteiger partial charge in [0.1, 0.15) is 6.04 Å². The zero-order valence-electron chi connectivity index (χ0n) is 15.3. The molecule has 0 spiro atoms. The lowest BCUT2D eigenvalue weighted by atomic mass is 10.1. The molecule has 0 radical (unpaired) electrons. The van der Waals surface area contributed by atoms with E-state index in [-0.39, 0.29) is 12.0 Å². The van der Waals surface area contributed by atoms with E-state index < -0.39 is 0 Å². The SMILES string of the molecule is COC(=O)[C@@H](Cc1cc2ccccc2[nH]1)NCCc1cc2ccccc2[nH]1. The first-order chi connectivity index (χ1) is 13.2. The predicted molar refractivity (Wildman–Crippen MR) is 108 cm³/mol. The van der Waals surface area contributed by atoms with E-state index in [4.69, 9.17) is 4.74 Å². The first kappa shape index (κ1) is 17.4. The van der Waals surface area contributed by atoms with Crippen LogP contribution in [0.15, 0.2) is 60.7 Å². The van der Waals surface area contributed by atoms with Crippen molar-refractivity contribution in [2.75, 3.05) is 13.7 Å². The summed E-state index contributed by atoms with van der Waals surface area (Å²) in [5.74, 6) is -0.245. The standard InChI is InChI=1S/C22H23N3O2/c1-27-22(26)21(14-18-13-16-7-3-5-9-20(16)25-18)23-11-10-17-12-15-6-2-4-8-19(15)24-17/h2-9,12-13,21,23-25H,10-11,14H2,1H3/t21-/m1/s1. The first-order valence-corrected chi connectivity index (χ1v) is 9.17. The smallest absolute Gasteiger partial charge is 0.323 e. The lowest BCUT2D eigenvalue weighted by Crippen LogP contribution is -2.40. The maximum Gasteiger partial charge on any atom is 0.323 e. The number of para-hydroxylation sites is 2. The van der Waals surface area contributed by atoms with Crippen LogP contribution < -0.4 is 5.32 Å². The van der Waals surface area contributed by atoms with Crippen LogP contribution >= 0.6 is 0 Å². The molecule has 0 unspecified atom stereocenters. The molecule has 27 heavy (non-hydrogen) atoms. The van der Waals surface area contributed by atoms with E-state index in [1.807, 2.05) is 30.3 Å². The van der Waals surface area contributed by atoms with Gasteiger partial charge in [0.25, 0.3) is 0 Å². The van der Waals surface area contributed by atoms with Crippen LogP contribution in [-0.2, 0) is 22.4 Å². The van der Waals surface area contributed by atoms with Gasteiger partial charge in [0, 0.05) is 35.4 Å². The summed E-state index contributed by atoms with van der Waals surface area (Å²) in [6.45, 7) is 0.687. The Bertz CT molecular complexity index is 997. The van der Waals surface area contributed by atoms with Crippen molar-refractivity contribution >= 4 is 27.8 Å². The highest BCUT2D eigenvalue weighted by molar-refractivity contribution is 5.81. The Hall–Kier alpha value is -3.05. The van der Waals surface area contributed by atoms with E-state index >= 15 is 0 Å². The molecule has 4 aromatic rings. The Labute approximate surface area is 157 Å². The summed E-state index contributed by atoms with van der Waals surface area (Å²) in [7, 11) is 1.43. The molecule has 3 N–H and O–H groups in total. The maximum absolute atomic E-state index is 12.2. The molecule has 0 bridgehead atoms. The lowest BCUT2D eigenvalue weighted by Gasteiger charge is -2.15. The molecule has 0 aliphatic carbocycles. The van der Waals surface area contributed by atoms with Gasteiger partial charge in [0.05, 0.1) is 7.11 Å². The minimum absolute atomic E-state index is 0.245. The van der Waals surface area contributed by atoms with Gasteiger partial charge in [-0.05, 0) is 41.5 Å². The quantitative estimate of drug-likeness (QED) is 0.441. The molecule has 0 amide bonds. The molecule has 5 heteroatoms. The van der Waals surface area contributed by atoms with Gasteiger partial charge in [-0.25, -0.2) is 0 Å². The Balaban J connectivity index is 1.41. The molecule has 0 saturated heterocycles. The van der Waals surface area contributed by atoms with Crippen molar-refractivity contribution in [2.24, 2.45) is 0 Å². The molecule has 2 aromatic carbocycles. The number of rotatable bonds is 7. The number of H-pyrrole nitrogens is 2. The molecule has 0 aliphatic rings. The summed E-state index contributed by atoms with van der Waals surface area (Å²) < 4.78 is 4.99. The van der Waals surface area contributed by atoms with E-state index in [2.05, 4.69) is 45.6 Å². The van der Waals surface area contributed by atoms with E-state index in [1.54, 1.807) is 0 Å². The normalized spacial score (nSPS) is 12.5. The van der Waals surface area contributed by atoms with Crippen LogP contribution in [0.25, 0.3) is 21.8 Å². The fourth-order valence-corrected chi connectivity index (χ4v) is 3.49. The minimum Gasteiger partial charge on any atom is -0.468 e. The number of methoxy groups -OCH3 is 1. The van der Waals surface area contributed by atoms with Crippen molar-refractivity contribution in [3.8, 4) is 0 Å². The summed E-state index contributed by atoms with van der Waals surface area (Å²) in [5, 5.41) is 5.69. The van der Waals surface area contributed by atoms with Gasteiger partial charge in [-0.15, -0.1) is 0 Å². The van der Waals surface area contributed by atoms with Crippen LogP contribution in [0.1, 0.15) is 11.4 Å². The highest BCUT2D eigenvalue weighted by Gasteiger charge is 2.20. The average Bonchev–Trinajstić information content (AvgIpc) is 3.29. The van der Waals surface area contributed by atoms with Crippen LogP contribution in [0, 0.1) is 0 Å². The highest BCUT2D eigenvalue weighted by Crippen LogP contribution is 2.17. The summed E-state index contributed by atoms with van der Waals surface area (Å²) in [5.41, 5.74) is 4.38. The molecule has 5 nitrogen and oxygen atoms in total. The van der Waals surface area contributed by atoms with Gasteiger partial charge in [-0.3, -0.25) is 4.79 Å². The van der Waals surface area contributed by atoms with Crippen LogP contribution in [0.4, 0.5) is 0 Å². The van der Waals surface area contributed by atoms with Crippen LogP contribution in [0.5, 0.6) is 0 Å². The number of carbonyl (C=O) groups is 1. The molecule has 2 heterocycles. The zero-order valence-corrected chi connectivity index (χ0v) is 15.3. The van der Waals surface area contributed by atoms with Gasteiger partial charge in [-0.1, -0.05) is 36.4 Å². The Morgan fingerprint density at radius 3 is 2.19 bits per heavy atom. The van der Waals surface area contributed by atoms with Crippen molar-refractivity contribution in [2.45, 2.75) is 18.9 Å². The summed E-state index contributed by atoms with van der Waals surface area (Å²) in [4.78, 5) is 19.0. The number of nitrogens with one attached hydrogen (secondary N) is 3. The Morgan fingerprint density at radius 2 is 1.56 bits per heavy atom. The van der Waals surface area contributed by atoms with Crippen LogP contribution in [-0.4, -0.2) is 35.6 Å². The monoisotopic (exact) mass is 361 g/mol. The minimum atomic E-state index is -0.382. The molecular weight excluding hydrogens is 338 g/mol. The number of aromatic amines is 2. The summed E-state index contributed by atoms with van der Waals surface area (Å²) in [6, 6.07) is 20.2. The van der Waals surface area contributed by atoms with Crippen molar-refractivity contribution in [1.29, 1.82) is 0 Å². The molecule has 0 aliphatic heterocycles. The zero-order chi connectivity index (χ0) is 18.6. The second-order valence-corrected chi connectivity index (χ2v) is 6.75. The van der Waals surface area contributed by atoms with Crippen molar-refractivity contribution in [3.05, 3.63) is 72.1 Å². The van der Waals surface area contributed by atoms with Crippen LogP contribution in [0.2, 0.25) is 0 Å². The van der Waals surface area contributed by atoms with E-state index in [9.17, 15) is 4.79 Å². The molecule has 138 valence electrons. The third-order valence-electron chi connectivity index (χ3n) is 4.87. The average molecular weight is 361 g/mol. The lowest BCUT2D eigenvalue weighted by molar-refractivity contribution is -0.143. The number of esters is 1. The largest absolute Gasteiger partial charge is 0.468 e. The van der Waals surface area contributed by atoms with Gasteiger partial charge in [-0.2, -0.15) is 0 Å². The number of ether oxygens (including phenoxy) is 1. The van der Waals surface area contributed by atoms with Crippen LogP contribution in [0.3, 0.4) is 0 Å². The number of benzene rings is 2. The second-order valence-electron chi connectivity index (χ2n) is 6.75. The highest BCUT2D eigenvalue weighted by atomic mass is 16.5. The van der Waals surface area contributed by atoms with Gasteiger partial charge < -0.3 is 20.0 Å². The number of hydrogen-bond donors (Lipinski definition) is 3. The van der Waals surface area contributed by atoms with E-state index in [0.29, 0.717) is 13.0 Å². The molecule has 0 fully saturated rings. The van der Waals surface area contributed by atoms with Gasteiger partial charge in [0.2, 0.25) is 0 Å². The van der Waals surface area contributed by atoms with E-state index in [1.165, 1.54) is 12.5 Å². The molecule has 4 rings (SSSR count). The second kappa shape index (κ2) is 7.68. The fourth-order valence-electron chi connectivity index (χ4n) is 3.49. The number of fused-ring (bicyclic) bond motifs is 2. The van der Waals surface area contributed by atoms with Gasteiger partial charge in [0.15, 0.2) is 0 Å². The van der Waals surface area contributed by atoms with Gasteiger partial charge >= 0.3 is 5.97 Å². The topological polar surface area (TPSA) is 69.9 Å². The molecule has 1 atom stereocenters. The Kier molecular flexibility index (Phi) is 4.94. The maximum atomic E-state index is 12.2. The number of aromatic nitrogens is 2. The first-order valence-electron chi connectivity index (χ1n) is 9.17. The summed E-state index contributed by atoms with van der Waals surface area (Å²) >= 11 is 0. The fraction of sp³-hybridized carbons (Fsp3) is 0.227. The van der Waals surface area contributed by atoms with Crippen molar-refractivity contribution in [3.63, 3.8) is 0 Å². The van der Waals surface area contributed by atoms with E-state index in [0.717, 1.165) is 34.2 Å². The number of carbonyl (C=O) groups excluding carboxylic acids is 1.